The maximum absolute atomic E-state index is 12.6. The van der Waals surface area contributed by atoms with Crippen molar-refractivity contribution >= 4 is 23.6 Å². The summed E-state index contributed by atoms with van der Waals surface area (Å²) >= 11 is 5.48. The van der Waals surface area contributed by atoms with Gasteiger partial charge in [0, 0.05) is 12.3 Å². The summed E-state index contributed by atoms with van der Waals surface area (Å²) in [6, 6.07) is 1.36. The van der Waals surface area contributed by atoms with Crippen molar-refractivity contribution in [1.82, 2.24) is 4.98 Å². The molecule has 5 heteroatoms. The number of ether oxygens (including phenoxy) is 1. The Hall–Kier alpha value is -1.42. The molecule has 0 fully saturated rings. The molecular weight excluding hydrogens is 209 g/mol. The first-order valence-electron chi connectivity index (χ1n) is 3.70. The van der Waals surface area contributed by atoms with E-state index in [1.807, 2.05) is 0 Å². The minimum atomic E-state index is -0.734. The number of nitrogens with zero attached hydrogens (tertiary/aromatic N) is 1. The van der Waals surface area contributed by atoms with Crippen LogP contribution in [-0.2, 0) is 9.53 Å². The fourth-order valence-electron chi connectivity index (χ4n) is 0.759. The number of rotatable bonds is 2. The number of esters is 1. The van der Waals surface area contributed by atoms with Gasteiger partial charge in [-0.1, -0.05) is 11.6 Å². The molecule has 0 saturated heterocycles. The number of pyridine rings is 1. The lowest BCUT2D eigenvalue weighted by Crippen LogP contribution is -1.93. The summed E-state index contributed by atoms with van der Waals surface area (Å²) in [5.41, 5.74) is 0.529. The van der Waals surface area contributed by atoms with Crippen LogP contribution in [0.2, 0.25) is 5.02 Å². The van der Waals surface area contributed by atoms with Crippen LogP contribution in [0.15, 0.2) is 18.3 Å². The standard InChI is InChI=1S/C9H7ClFNO2/c1-14-8(13)3-2-6-4-7(10)9(11)12-5-6/h2-5H,1H3. The molecule has 0 aliphatic rings. The molecule has 74 valence electrons. The van der Waals surface area contributed by atoms with E-state index in [1.165, 1.54) is 31.5 Å². The molecule has 0 radical (unpaired) electrons. The highest BCUT2D eigenvalue weighted by Crippen LogP contribution is 2.14. The van der Waals surface area contributed by atoms with Crippen LogP contribution in [0.25, 0.3) is 6.08 Å². The molecule has 0 amide bonds. The molecule has 0 spiro atoms. The van der Waals surface area contributed by atoms with Gasteiger partial charge in [-0.15, -0.1) is 0 Å². The summed E-state index contributed by atoms with van der Waals surface area (Å²) in [5, 5.41) is -0.0861. The summed E-state index contributed by atoms with van der Waals surface area (Å²) in [7, 11) is 1.27. The highest BCUT2D eigenvalue weighted by atomic mass is 35.5. The first kappa shape index (κ1) is 10.7. The van der Waals surface area contributed by atoms with Crippen LogP contribution in [0.1, 0.15) is 5.56 Å². The van der Waals surface area contributed by atoms with Crippen molar-refractivity contribution in [3.05, 3.63) is 34.9 Å². The van der Waals surface area contributed by atoms with Gasteiger partial charge in [0.1, 0.15) is 0 Å². The molecule has 3 nitrogen and oxygen atoms in total. The molecule has 0 aliphatic heterocycles. The zero-order valence-corrected chi connectivity index (χ0v) is 8.08. The van der Waals surface area contributed by atoms with Crippen molar-refractivity contribution in [3.8, 4) is 0 Å². The zero-order valence-electron chi connectivity index (χ0n) is 7.33. The van der Waals surface area contributed by atoms with Crippen molar-refractivity contribution in [2.45, 2.75) is 0 Å². The fraction of sp³-hybridized carbons (Fsp3) is 0.111. The molecule has 0 aromatic carbocycles. The summed E-state index contributed by atoms with van der Waals surface area (Å²) in [5.74, 6) is -1.23. The van der Waals surface area contributed by atoms with E-state index in [0.717, 1.165) is 0 Å². The Kier molecular flexibility index (Phi) is 3.59. The molecular formula is C9H7ClFNO2. The van der Waals surface area contributed by atoms with Gasteiger partial charge in [0.15, 0.2) is 0 Å². The monoisotopic (exact) mass is 215 g/mol. The van der Waals surface area contributed by atoms with Crippen LogP contribution in [0.3, 0.4) is 0 Å². The zero-order chi connectivity index (χ0) is 10.6. The molecule has 0 saturated carbocycles. The first-order chi connectivity index (χ1) is 6.63. The van der Waals surface area contributed by atoms with E-state index >= 15 is 0 Å². The van der Waals surface area contributed by atoms with Gasteiger partial charge in [-0.2, -0.15) is 4.39 Å². The van der Waals surface area contributed by atoms with E-state index < -0.39 is 11.9 Å². The molecule has 1 rings (SSSR count). The molecule has 1 heterocycles. The van der Waals surface area contributed by atoms with E-state index in [2.05, 4.69) is 9.72 Å². The lowest BCUT2D eigenvalue weighted by molar-refractivity contribution is -0.134. The van der Waals surface area contributed by atoms with Crippen molar-refractivity contribution in [2.24, 2.45) is 0 Å². The van der Waals surface area contributed by atoms with Gasteiger partial charge >= 0.3 is 5.97 Å². The van der Waals surface area contributed by atoms with Gasteiger partial charge in [-0.05, 0) is 17.7 Å². The highest BCUT2D eigenvalue weighted by Gasteiger charge is 2.00. The number of hydrogen-bond acceptors (Lipinski definition) is 3. The molecule has 0 N–H and O–H groups in total. The van der Waals surface area contributed by atoms with Gasteiger partial charge in [-0.25, -0.2) is 9.78 Å². The molecule has 1 aromatic heterocycles. The highest BCUT2D eigenvalue weighted by molar-refractivity contribution is 6.30. The van der Waals surface area contributed by atoms with Crippen molar-refractivity contribution < 1.29 is 13.9 Å². The van der Waals surface area contributed by atoms with E-state index in [-0.39, 0.29) is 5.02 Å². The van der Waals surface area contributed by atoms with Crippen molar-refractivity contribution in [2.75, 3.05) is 7.11 Å². The Morgan fingerprint density at radius 1 is 1.71 bits per heavy atom. The Balaban J connectivity index is 2.83. The van der Waals surface area contributed by atoms with Gasteiger partial charge in [-0.3, -0.25) is 0 Å². The molecule has 0 aliphatic carbocycles. The number of methoxy groups -OCH3 is 1. The third-order valence-corrected chi connectivity index (χ3v) is 1.70. The van der Waals surface area contributed by atoms with Gasteiger partial charge in [0.05, 0.1) is 12.1 Å². The van der Waals surface area contributed by atoms with Crippen LogP contribution in [0.5, 0.6) is 0 Å². The second-order valence-electron chi connectivity index (χ2n) is 2.40. The summed E-state index contributed by atoms with van der Waals surface area (Å²) < 4.78 is 17.0. The minimum absolute atomic E-state index is 0.0861. The Bertz CT molecular complexity index is 379. The Morgan fingerprint density at radius 3 is 3.00 bits per heavy atom. The average Bonchev–Trinajstić information content (AvgIpc) is 2.19. The van der Waals surface area contributed by atoms with E-state index in [9.17, 15) is 9.18 Å². The number of carbonyl (C=O) groups is 1. The van der Waals surface area contributed by atoms with Crippen LogP contribution in [-0.4, -0.2) is 18.1 Å². The predicted octanol–water partition coefficient (Wildman–Crippen LogP) is 2.06. The predicted molar refractivity (Wildman–Crippen MR) is 50.3 cm³/mol. The van der Waals surface area contributed by atoms with E-state index in [4.69, 9.17) is 11.6 Å². The van der Waals surface area contributed by atoms with Gasteiger partial charge in [0.2, 0.25) is 5.95 Å². The molecule has 1 aromatic rings. The third kappa shape index (κ3) is 2.81. The third-order valence-electron chi connectivity index (χ3n) is 1.43. The maximum atomic E-state index is 12.6. The van der Waals surface area contributed by atoms with Crippen LogP contribution in [0, 0.1) is 5.95 Å². The summed E-state index contributed by atoms with van der Waals surface area (Å²) in [6.45, 7) is 0. The molecule has 0 bridgehead atoms. The largest absolute Gasteiger partial charge is 0.466 e. The molecule has 0 unspecified atom stereocenters. The van der Waals surface area contributed by atoms with Crippen LogP contribution < -0.4 is 0 Å². The molecule has 0 atom stereocenters. The Labute approximate surface area is 85.2 Å². The SMILES string of the molecule is COC(=O)C=Cc1cnc(F)c(Cl)c1. The second-order valence-corrected chi connectivity index (χ2v) is 2.80. The fourth-order valence-corrected chi connectivity index (χ4v) is 0.934. The van der Waals surface area contributed by atoms with E-state index in [1.54, 1.807) is 0 Å². The smallest absolute Gasteiger partial charge is 0.330 e. The van der Waals surface area contributed by atoms with Gasteiger partial charge < -0.3 is 4.74 Å². The summed E-state index contributed by atoms with van der Waals surface area (Å²) in [6.07, 6.45) is 3.90. The number of carbonyl (C=O) groups excluding carboxylic acids is 1. The summed E-state index contributed by atoms with van der Waals surface area (Å²) in [4.78, 5) is 14.1. The number of aromatic nitrogens is 1. The van der Waals surface area contributed by atoms with Crippen molar-refractivity contribution in [1.29, 1.82) is 0 Å². The van der Waals surface area contributed by atoms with Crippen LogP contribution in [0.4, 0.5) is 4.39 Å². The lowest BCUT2D eigenvalue weighted by atomic mass is 10.2. The van der Waals surface area contributed by atoms with Crippen LogP contribution >= 0.6 is 11.6 Å². The maximum Gasteiger partial charge on any atom is 0.330 e. The topological polar surface area (TPSA) is 39.2 Å². The quantitative estimate of drug-likeness (QED) is 0.431. The minimum Gasteiger partial charge on any atom is -0.466 e. The van der Waals surface area contributed by atoms with Gasteiger partial charge in [0.25, 0.3) is 0 Å². The first-order valence-corrected chi connectivity index (χ1v) is 4.08. The second kappa shape index (κ2) is 4.72. The van der Waals surface area contributed by atoms with Crippen molar-refractivity contribution in [3.63, 3.8) is 0 Å². The van der Waals surface area contributed by atoms with E-state index in [0.29, 0.717) is 5.56 Å². The normalized spacial score (nSPS) is 10.5. The lowest BCUT2D eigenvalue weighted by Gasteiger charge is -1.95. The molecule has 14 heavy (non-hydrogen) atoms. The number of hydrogen-bond donors (Lipinski definition) is 0. The average molecular weight is 216 g/mol. The number of halogens is 2. The Morgan fingerprint density at radius 2 is 2.43 bits per heavy atom.